The first-order valence-corrected chi connectivity index (χ1v) is 11.2. The molecule has 0 spiro atoms. The minimum atomic E-state index is -0.411. The van der Waals surface area contributed by atoms with Crippen molar-refractivity contribution in [1.29, 1.82) is 0 Å². The lowest BCUT2D eigenvalue weighted by molar-refractivity contribution is 0.715. The lowest BCUT2D eigenvalue weighted by atomic mass is 9.98. The first-order valence-electron chi connectivity index (χ1n) is 10.4. The van der Waals surface area contributed by atoms with E-state index in [9.17, 15) is 4.79 Å². The number of fused-ring (bicyclic) bond motifs is 1. The van der Waals surface area contributed by atoms with Crippen molar-refractivity contribution in [1.82, 2.24) is 24.5 Å². The SMILES string of the molecule is Cn1c(=O)cc(-c2cccc(Cl)c2)c2cc(C(N)c3ccc(Cl)cc3)ncc21.Cn1ccnn1. The fourth-order valence-corrected chi connectivity index (χ4v) is 3.85. The summed E-state index contributed by atoms with van der Waals surface area (Å²) in [6.45, 7) is 0. The molecule has 2 aromatic carbocycles. The molecule has 1 unspecified atom stereocenters. The average molecular weight is 493 g/mol. The fourth-order valence-electron chi connectivity index (χ4n) is 3.54. The molecule has 3 heterocycles. The molecule has 172 valence electrons. The van der Waals surface area contributed by atoms with Crippen LogP contribution < -0.4 is 11.3 Å². The van der Waals surface area contributed by atoms with Crippen LogP contribution in [0.25, 0.3) is 22.0 Å². The van der Waals surface area contributed by atoms with Crippen LogP contribution in [0.3, 0.4) is 0 Å². The highest BCUT2D eigenvalue weighted by Gasteiger charge is 2.15. The van der Waals surface area contributed by atoms with Crippen LogP contribution in [0.1, 0.15) is 17.3 Å². The van der Waals surface area contributed by atoms with Gasteiger partial charge >= 0.3 is 0 Å². The Balaban J connectivity index is 0.000000398. The molecule has 2 N–H and O–H groups in total. The standard InChI is InChI=1S/C22H17Cl2N3O.C3H5N3/c1-27-20-12-26-19(22(25)13-5-7-15(23)8-6-13)10-18(20)17(11-21(27)28)14-3-2-4-16(24)9-14;1-6-3-2-4-5-6/h2-12,22H,25H2,1H3;2-3H,1H3. The summed E-state index contributed by atoms with van der Waals surface area (Å²) < 4.78 is 3.22. The summed E-state index contributed by atoms with van der Waals surface area (Å²) in [7, 11) is 3.56. The molecule has 1 atom stereocenters. The molecule has 0 aliphatic carbocycles. The van der Waals surface area contributed by atoms with Crippen molar-refractivity contribution >= 4 is 34.1 Å². The quantitative estimate of drug-likeness (QED) is 0.391. The lowest BCUT2D eigenvalue weighted by Gasteiger charge is -2.15. The Morgan fingerprint density at radius 2 is 1.74 bits per heavy atom. The summed E-state index contributed by atoms with van der Waals surface area (Å²) in [4.78, 5) is 17.0. The molecule has 3 aromatic heterocycles. The molecule has 0 bridgehead atoms. The summed E-state index contributed by atoms with van der Waals surface area (Å²) in [5.74, 6) is 0. The fraction of sp³-hybridized carbons (Fsp3) is 0.120. The van der Waals surface area contributed by atoms with E-state index in [0.29, 0.717) is 15.7 Å². The Morgan fingerprint density at radius 1 is 0.971 bits per heavy atom. The summed E-state index contributed by atoms with van der Waals surface area (Å²) in [6.07, 6.45) is 5.11. The van der Waals surface area contributed by atoms with E-state index in [4.69, 9.17) is 28.9 Å². The monoisotopic (exact) mass is 492 g/mol. The maximum atomic E-state index is 12.4. The molecule has 9 heteroatoms. The van der Waals surface area contributed by atoms with Crippen molar-refractivity contribution in [3.63, 3.8) is 0 Å². The number of hydrogen-bond acceptors (Lipinski definition) is 5. The van der Waals surface area contributed by atoms with E-state index in [1.165, 1.54) is 0 Å². The highest BCUT2D eigenvalue weighted by Crippen LogP contribution is 2.30. The lowest BCUT2D eigenvalue weighted by Crippen LogP contribution is -2.18. The average Bonchev–Trinajstić information content (AvgIpc) is 3.32. The highest BCUT2D eigenvalue weighted by atomic mass is 35.5. The minimum absolute atomic E-state index is 0.112. The molecule has 0 aliphatic heterocycles. The number of halogens is 2. The first kappa shape index (κ1) is 23.6. The van der Waals surface area contributed by atoms with Crippen LogP contribution in [0.15, 0.2) is 84.0 Å². The number of nitrogens with two attached hydrogens (primary N) is 1. The Kier molecular flexibility index (Phi) is 7.07. The number of nitrogens with zero attached hydrogens (tertiary/aromatic N) is 5. The third-order valence-electron chi connectivity index (χ3n) is 5.38. The van der Waals surface area contributed by atoms with E-state index in [0.717, 1.165) is 27.6 Å². The predicted octanol–water partition coefficient (Wildman–Crippen LogP) is 4.77. The van der Waals surface area contributed by atoms with E-state index in [1.54, 1.807) is 59.2 Å². The van der Waals surface area contributed by atoms with Gasteiger partial charge in [0.2, 0.25) is 0 Å². The van der Waals surface area contributed by atoms with Crippen LogP contribution in [0.5, 0.6) is 0 Å². The zero-order chi connectivity index (χ0) is 24.2. The zero-order valence-electron chi connectivity index (χ0n) is 18.6. The third kappa shape index (κ3) is 5.17. The minimum Gasteiger partial charge on any atom is -0.319 e. The number of rotatable bonds is 3. The van der Waals surface area contributed by atoms with Gasteiger partial charge in [0.05, 0.1) is 29.6 Å². The van der Waals surface area contributed by atoms with Crippen molar-refractivity contribution in [3.05, 3.63) is 111 Å². The third-order valence-corrected chi connectivity index (χ3v) is 5.87. The van der Waals surface area contributed by atoms with Crippen molar-refractivity contribution in [2.24, 2.45) is 19.8 Å². The van der Waals surface area contributed by atoms with E-state index >= 15 is 0 Å². The maximum Gasteiger partial charge on any atom is 0.251 e. The number of benzene rings is 2. The van der Waals surface area contributed by atoms with Crippen LogP contribution in [0.2, 0.25) is 10.0 Å². The van der Waals surface area contributed by atoms with Crippen molar-refractivity contribution < 1.29 is 0 Å². The molecule has 7 nitrogen and oxygen atoms in total. The molecule has 0 saturated carbocycles. The molecule has 0 aliphatic rings. The van der Waals surface area contributed by atoms with Gasteiger partial charge in [-0.05, 0) is 47.0 Å². The maximum absolute atomic E-state index is 12.4. The summed E-state index contributed by atoms with van der Waals surface area (Å²) >= 11 is 12.1. The molecule has 0 amide bonds. The molecular formula is C25H22Cl2N6O. The molecule has 0 radical (unpaired) electrons. The van der Waals surface area contributed by atoms with Gasteiger partial charge in [-0.2, -0.15) is 0 Å². The second-order valence-electron chi connectivity index (χ2n) is 7.70. The molecule has 0 fully saturated rings. The number of hydrogen-bond donors (Lipinski definition) is 1. The van der Waals surface area contributed by atoms with Gasteiger partial charge in [0, 0.05) is 41.8 Å². The van der Waals surface area contributed by atoms with Gasteiger partial charge in [-0.25, -0.2) is 0 Å². The second-order valence-corrected chi connectivity index (χ2v) is 8.57. The smallest absolute Gasteiger partial charge is 0.251 e. The molecule has 0 saturated heterocycles. The summed E-state index contributed by atoms with van der Waals surface area (Å²) in [5, 5.41) is 9.27. The normalized spacial score (nSPS) is 11.7. The number of aromatic nitrogens is 5. The van der Waals surface area contributed by atoms with Crippen molar-refractivity contribution in [3.8, 4) is 11.1 Å². The highest BCUT2D eigenvalue weighted by molar-refractivity contribution is 6.31. The van der Waals surface area contributed by atoms with E-state index < -0.39 is 6.04 Å². The molecule has 34 heavy (non-hydrogen) atoms. The molecule has 5 rings (SSSR count). The summed E-state index contributed by atoms with van der Waals surface area (Å²) in [5.41, 5.74) is 10.3. The Morgan fingerprint density at radius 3 is 2.35 bits per heavy atom. The topological polar surface area (TPSA) is 91.6 Å². The van der Waals surface area contributed by atoms with Crippen LogP contribution in [-0.4, -0.2) is 24.5 Å². The van der Waals surface area contributed by atoms with E-state index in [2.05, 4.69) is 15.3 Å². The van der Waals surface area contributed by atoms with Gasteiger partial charge in [-0.1, -0.05) is 52.7 Å². The summed E-state index contributed by atoms with van der Waals surface area (Å²) in [6, 6.07) is 18.0. The van der Waals surface area contributed by atoms with Gasteiger partial charge in [0.1, 0.15) is 0 Å². The van der Waals surface area contributed by atoms with Crippen molar-refractivity contribution in [2.75, 3.05) is 0 Å². The van der Waals surface area contributed by atoms with Crippen LogP contribution in [0.4, 0.5) is 0 Å². The number of aryl methyl sites for hydroxylation is 2. The molecular weight excluding hydrogens is 471 g/mol. The van der Waals surface area contributed by atoms with Gasteiger partial charge in [0.15, 0.2) is 0 Å². The first-order chi connectivity index (χ1) is 16.3. The van der Waals surface area contributed by atoms with Gasteiger partial charge in [-0.3, -0.25) is 14.5 Å². The number of pyridine rings is 2. The van der Waals surface area contributed by atoms with Crippen molar-refractivity contribution in [2.45, 2.75) is 6.04 Å². The van der Waals surface area contributed by atoms with Crippen LogP contribution in [-0.2, 0) is 14.1 Å². The van der Waals surface area contributed by atoms with E-state index in [1.807, 2.05) is 43.4 Å². The Labute approximate surface area is 206 Å². The van der Waals surface area contributed by atoms with Crippen LogP contribution in [0, 0.1) is 0 Å². The van der Waals surface area contributed by atoms with Gasteiger partial charge in [0.25, 0.3) is 5.56 Å². The van der Waals surface area contributed by atoms with Gasteiger partial charge < -0.3 is 10.3 Å². The Hall–Kier alpha value is -3.52. The largest absolute Gasteiger partial charge is 0.319 e. The van der Waals surface area contributed by atoms with E-state index in [-0.39, 0.29) is 5.56 Å². The van der Waals surface area contributed by atoms with Crippen LogP contribution >= 0.6 is 23.2 Å². The predicted molar refractivity (Wildman–Crippen MR) is 136 cm³/mol. The second kappa shape index (κ2) is 10.2. The Bertz CT molecular complexity index is 1480. The zero-order valence-corrected chi connectivity index (χ0v) is 20.1. The van der Waals surface area contributed by atoms with Gasteiger partial charge in [-0.15, -0.1) is 5.10 Å². The molecule has 5 aromatic rings.